The summed E-state index contributed by atoms with van der Waals surface area (Å²) in [6.07, 6.45) is 19.7. The Balaban J connectivity index is 0.985. The van der Waals surface area contributed by atoms with Gasteiger partial charge in [0.15, 0.2) is 8.32 Å². The average Bonchev–Trinajstić information content (AvgIpc) is 3.97. The zero-order chi connectivity index (χ0) is 37.2. The molecule has 6 aromatic heterocycles. The molecule has 0 aromatic carbocycles. The van der Waals surface area contributed by atoms with Gasteiger partial charge in [0.2, 0.25) is 0 Å². The first-order valence-electron chi connectivity index (χ1n) is 20.0. The molecule has 6 heterocycles. The molecular weight excluding hydrogens is 777 g/mol. The van der Waals surface area contributed by atoms with E-state index in [1.807, 2.05) is 68.0 Å². The van der Waals surface area contributed by atoms with Crippen LogP contribution in [-0.2, 0) is 12.8 Å². The molecule has 284 valence electrons. The van der Waals surface area contributed by atoms with E-state index in [0.29, 0.717) is 0 Å². The van der Waals surface area contributed by atoms with Gasteiger partial charge in [0.25, 0.3) is 0 Å². The van der Waals surface area contributed by atoms with E-state index in [9.17, 15) is 4.80 Å². The van der Waals surface area contributed by atoms with E-state index in [0.717, 1.165) is 6.04 Å². The van der Waals surface area contributed by atoms with E-state index in [-0.39, 0.29) is 0 Å². The van der Waals surface area contributed by atoms with Gasteiger partial charge >= 0.3 is 0 Å². The van der Waals surface area contributed by atoms with Crippen molar-refractivity contribution in [2.24, 2.45) is 0 Å². The number of thiophene rings is 6. The Morgan fingerprint density at radius 2 is 0.792 bits per heavy atom. The molecule has 0 aliphatic rings. The van der Waals surface area contributed by atoms with E-state index in [4.69, 9.17) is 0 Å². The summed E-state index contributed by atoms with van der Waals surface area (Å²) < 4.78 is 0. The lowest BCUT2D eigenvalue weighted by Gasteiger charge is -2.12. The summed E-state index contributed by atoms with van der Waals surface area (Å²) in [5.41, 5.74) is 2.78. The molecule has 0 bridgehead atoms. The summed E-state index contributed by atoms with van der Waals surface area (Å²) in [4.78, 5) is 27.0. The van der Waals surface area contributed by atoms with Crippen molar-refractivity contribution >= 4 is 76.3 Å². The second-order valence-corrected chi connectivity index (χ2v) is 26.1. The van der Waals surface area contributed by atoms with E-state index in [2.05, 4.69) is 94.5 Å². The van der Waals surface area contributed by atoms with E-state index >= 15 is 0 Å². The normalized spacial score (nSPS) is 12.0. The third-order valence-corrected chi connectivity index (χ3v) is 19.5. The van der Waals surface area contributed by atoms with E-state index < -0.39 is 8.32 Å². The second-order valence-electron chi connectivity index (χ2n) is 15.4. The predicted octanol–water partition coefficient (Wildman–Crippen LogP) is 17.4. The number of rotatable bonds is 22. The van der Waals surface area contributed by atoms with Gasteiger partial charge in [-0.3, -0.25) is 0 Å². The lowest BCUT2D eigenvalue weighted by molar-refractivity contribution is 0.531. The topological polar surface area (TPSA) is 20.2 Å². The predicted molar refractivity (Wildman–Crippen MR) is 248 cm³/mol. The number of hydrogen-bond donors (Lipinski definition) is 1. The average molecular weight is 835 g/mol. The quantitative estimate of drug-likeness (QED) is 0.0534. The Kier molecular flexibility index (Phi) is 15.5. The molecule has 8 heteroatoms. The van der Waals surface area contributed by atoms with Crippen LogP contribution in [0.1, 0.15) is 111 Å². The highest BCUT2D eigenvalue weighted by Gasteiger charge is 2.18. The summed E-state index contributed by atoms with van der Waals surface area (Å²) >= 11 is 11.8. The standard InChI is InChI=1S/C45H58OS6Si/c1-6-7-8-16-19-35-22-24-40(48-35)42-30-32(2)44(51-42)45-33(3)31-43(52-45)41-28-27-39(50-41)38-26-25-37(49-38)36-23-21-34(47-36)20-17-14-12-10-9-11-13-15-18-29-53(4,5)46/h21-28,30-31,46H,6-20,29H2,1-5H3. The molecule has 6 aromatic rings. The third-order valence-electron chi connectivity index (χ3n) is 10.0. The highest BCUT2D eigenvalue weighted by Crippen LogP contribution is 2.48. The van der Waals surface area contributed by atoms with Crippen molar-refractivity contribution in [2.45, 2.75) is 136 Å². The van der Waals surface area contributed by atoms with Gasteiger partial charge in [-0.05, 0) is 130 Å². The minimum atomic E-state index is -1.83. The smallest absolute Gasteiger partial charge is 0.182 e. The maximum Gasteiger partial charge on any atom is 0.182 e. The lowest BCUT2D eigenvalue weighted by Crippen LogP contribution is -2.23. The van der Waals surface area contributed by atoms with Gasteiger partial charge in [-0.1, -0.05) is 77.6 Å². The van der Waals surface area contributed by atoms with Gasteiger partial charge in [0, 0.05) is 58.5 Å². The molecule has 0 unspecified atom stereocenters. The summed E-state index contributed by atoms with van der Waals surface area (Å²) in [7, 11) is -1.83. The molecule has 0 aliphatic heterocycles. The van der Waals surface area contributed by atoms with Gasteiger partial charge in [0.1, 0.15) is 0 Å². The first-order chi connectivity index (χ1) is 25.7. The Hall–Kier alpha value is -1.62. The van der Waals surface area contributed by atoms with Crippen LogP contribution in [0, 0.1) is 13.8 Å². The molecule has 0 radical (unpaired) electrons. The van der Waals surface area contributed by atoms with Crippen LogP contribution in [-0.4, -0.2) is 13.1 Å². The van der Waals surface area contributed by atoms with E-state index in [1.54, 1.807) is 0 Å². The first-order valence-corrected chi connectivity index (χ1v) is 28.0. The minimum absolute atomic E-state index is 1.06. The number of unbranched alkanes of at least 4 members (excludes halogenated alkanes) is 11. The Morgan fingerprint density at radius 3 is 1.25 bits per heavy atom. The van der Waals surface area contributed by atoms with Crippen LogP contribution in [0.4, 0.5) is 0 Å². The van der Waals surface area contributed by atoms with Crippen molar-refractivity contribution in [3.8, 4) is 48.8 Å². The Labute approximate surface area is 345 Å². The van der Waals surface area contributed by atoms with Crippen LogP contribution >= 0.6 is 68.0 Å². The number of hydrogen-bond acceptors (Lipinski definition) is 7. The molecule has 53 heavy (non-hydrogen) atoms. The first kappa shape index (κ1) is 41.0. The molecule has 1 nitrogen and oxygen atoms in total. The second kappa shape index (κ2) is 20.0. The molecule has 0 fully saturated rings. The molecule has 0 spiro atoms. The Bertz CT molecular complexity index is 1990. The fraction of sp³-hybridized carbons (Fsp3) is 0.467. The largest absolute Gasteiger partial charge is 0.432 e. The van der Waals surface area contributed by atoms with Crippen molar-refractivity contribution in [3.63, 3.8) is 0 Å². The molecule has 6 rings (SSSR count). The Morgan fingerprint density at radius 1 is 0.434 bits per heavy atom. The van der Waals surface area contributed by atoms with Crippen molar-refractivity contribution in [2.75, 3.05) is 0 Å². The lowest BCUT2D eigenvalue weighted by atomic mass is 10.1. The minimum Gasteiger partial charge on any atom is -0.432 e. The van der Waals surface area contributed by atoms with Crippen LogP contribution in [0.15, 0.2) is 60.7 Å². The summed E-state index contributed by atoms with van der Waals surface area (Å²) in [6.45, 7) is 11.0. The van der Waals surface area contributed by atoms with Crippen LogP contribution in [0.25, 0.3) is 48.8 Å². The van der Waals surface area contributed by atoms with Gasteiger partial charge in [0.05, 0.1) is 0 Å². The fourth-order valence-electron chi connectivity index (χ4n) is 6.97. The third kappa shape index (κ3) is 11.9. The summed E-state index contributed by atoms with van der Waals surface area (Å²) in [5, 5.41) is 0. The monoisotopic (exact) mass is 834 g/mol. The van der Waals surface area contributed by atoms with Crippen LogP contribution in [0.3, 0.4) is 0 Å². The van der Waals surface area contributed by atoms with Crippen LogP contribution < -0.4 is 0 Å². The molecule has 0 atom stereocenters. The maximum atomic E-state index is 9.98. The maximum absolute atomic E-state index is 9.98. The van der Waals surface area contributed by atoms with Crippen molar-refractivity contribution in [1.29, 1.82) is 0 Å². The van der Waals surface area contributed by atoms with Crippen LogP contribution in [0.5, 0.6) is 0 Å². The zero-order valence-corrected chi connectivity index (χ0v) is 38.4. The van der Waals surface area contributed by atoms with Gasteiger partial charge in [-0.15, -0.1) is 68.0 Å². The highest BCUT2D eigenvalue weighted by molar-refractivity contribution is 7.30. The van der Waals surface area contributed by atoms with Gasteiger partial charge < -0.3 is 4.80 Å². The fourth-order valence-corrected chi connectivity index (χ4v) is 15.1. The van der Waals surface area contributed by atoms with Crippen molar-refractivity contribution in [3.05, 3.63) is 81.5 Å². The molecular formula is C45H58OS6Si. The number of aryl methyl sites for hydroxylation is 4. The zero-order valence-electron chi connectivity index (χ0n) is 32.5. The van der Waals surface area contributed by atoms with Crippen molar-refractivity contribution in [1.82, 2.24) is 0 Å². The van der Waals surface area contributed by atoms with Gasteiger partial charge in [-0.2, -0.15) is 0 Å². The summed E-state index contributed by atoms with van der Waals surface area (Å²) in [6, 6.07) is 24.6. The van der Waals surface area contributed by atoms with Crippen LogP contribution in [0.2, 0.25) is 19.1 Å². The molecule has 0 aliphatic carbocycles. The highest BCUT2D eigenvalue weighted by atomic mass is 32.1. The SMILES string of the molecule is CCCCCCc1ccc(-c2cc(C)c(-c3sc(-c4ccc(-c5ccc(-c6ccc(CCCCCCCCCCC[Si](C)(C)O)s6)s5)s4)cc3C)s2)s1. The van der Waals surface area contributed by atoms with E-state index in [1.165, 1.54) is 166 Å². The molecule has 0 saturated carbocycles. The molecule has 0 saturated heterocycles. The molecule has 0 amide bonds. The molecule has 1 N–H and O–H groups in total. The summed E-state index contributed by atoms with van der Waals surface area (Å²) in [5.74, 6) is 0. The van der Waals surface area contributed by atoms with Crippen molar-refractivity contribution < 1.29 is 4.80 Å². The van der Waals surface area contributed by atoms with Gasteiger partial charge in [-0.25, -0.2) is 0 Å².